The molecule has 28 heavy (non-hydrogen) atoms. The van der Waals surface area contributed by atoms with Gasteiger partial charge < -0.3 is 20.4 Å². The third kappa shape index (κ3) is 5.25. The van der Waals surface area contributed by atoms with Crippen molar-refractivity contribution in [2.75, 3.05) is 26.2 Å². The molecule has 2 aromatic carbocycles. The molecule has 1 heterocycles. The molecule has 0 bridgehead atoms. The van der Waals surface area contributed by atoms with Crippen LogP contribution < -0.4 is 5.32 Å². The maximum absolute atomic E-state index is 12.5. The summed E-state index contributed by atoms with van der Waals surface area (Å²) in [7, 11) is 0. The van der Waals surface area contributed by atoms with Crippen LogP contribution in [0.3, 0.4) is 0 Å². The van der Waals surface area contributed by atoms with Crippen molar-refractivity contribution in [3.05, 3.63) is 69.7 Å². The first-order valence-electron chi connectivity index (χ1n) is 9.24. The van der Waals surface area contributed by atoms with Crippen LogP contribution in [0.5, 0.6) is 0 Å². The highest BCUT2D eigenvalue weighted by molar-refractivity contribution is 6.31. The maximum Gasteiger partial charge on any atom is 0.227 e. The number of amides is 1. The van der Waals surface area contributed by atoms with Crippen molar-refractivity contribution >= 4 is 29.1 Å². The van der Waals surface area contributed by atoms with Crippen molar-refractivity contribution in [3.63, 3.8) is 0 Å². The molecule has 1 fully saturated rings. The number of likely N-dealkylation sites (tertiary alicyclic amines) is 1. The second-order valence-corrected chi connectivity index (χ2v) is 8.06. The van der Waals surface area contributed by atoms with Crippen LogP contribution in [0, 0.1) is 0 Å². The second-order valence-electron chi connectivity index (χ2n) is 7.22. The van der Waals surface area contributed by atoms with Gasteiger partial charge in [-0.25, -0.2) is 0 Å². The van der Waals surface area contributed by atoms with Gasteiger partial charge in [-0.1, -0.05) is 53.5 Å². The van der Waals surface area contributed by atoms with Crippen LogP contribution in [-0.2, 0) is 17.6 Å². The van der Waals surface area contributed by atoms with Crippen LogP contribution in [0.1, 0.15) is 11.1 Å². The molecule has 3 N–H and O–H groups in total. The number of nitrogens with one attached hydrogen (secondary N) is 1. The predicted molar refractivity (Wildman–Crippen MR) is 111 cm³/mol. The highest BCUT2D eigenvalue weighted by atomic mass is 35.5. The molecule has 0 saturated carbocycles. The van der Waals surface area contributed by atoms with E-state index in [4.69, 9.17) is 23.2 Å². The highest BCUT2D eigenvalue weighted by Gasteiger charge is 2.45. The summed E-state index contributed by atoms with van der Waals surface area (Å²) in [6.45, 7) is 1.02. The first-order valence-corrected chi connectivity index (χ1v) is 10.00. The molecule has 0 radical (unpaired) electrons. The minimum Gasteiger partial charge on any atom is -0.388 e. The van der Waals surface area contributed by atoms with Crippen molar-refractivity contribution in [2.24, 2.45) is 0 Å². The van der Waals surface area contributed by atoms with E-state index in [1.165, 1.54) is 4.90 Å². The zero-order valence-corrected chi connectivity index (χ0v) is 17.0. The molecule has 2 aromatic rings. The minimum atomic E-state index is -1.36. The van der Waals surface area contributed by atoms with E-state index >= 15 is 0 Å². The Morgan fingerprint density at radius 3 is 2.61 bits per heavy atom. The lowest BCUT2D eigenvalue weighted by Crippen LogP contribution is -2.50. The molecule has 1 aliphatic rings. The predicted octanol–water partition coefficient (Wildman–Crippen LogP) is 2.30. The lowest BCUT2D eigenvalue weighted by Gasteiger charge is -2.26. The summed E-state index contributed by atoms with van der Waals surface area (Å²) in [5.41, 5.74) is 0.503. The van der Waals surface area contributed by atoms with Crippen LogP contribution in [0.25, 0.3) is 0 Å². The maximum atomic E-state index is 12.5. The molecule has 5 nitrogen and oxygen atoms in total. The van der Waals surface area contributed by atoms with E-state index in [1.807, 2.05) is 24.3 Å². The normalized spacial score (nSPS) is 21.9. The van der Waals surface area contributed by atoms with E-state index in [-0.39, 0.29) is 32.0 Å². The minimum absolute atomic E-state index is 0.0969. The van der Waals surface area contributed by atoms with Crippen LogP contribution >= 0.6 is 23.2 Å². The zero-order valence-electron chi connectivity index (χ0n) is 15.4. The summed E-state index contributed by atoms with van der Waals surface area (Å²) >= 11 is 12.0. The monoisotopic (exact) mass is 422 g/mol. The summed E-state index contributed by atoms with van der Waals surface area (Å²) in [5, 5.41) is 25.6. The van der Waals surface area contributed by atoms with Crippen LogP contribution in [0.2, 0.25) is 10.0 Å². The number of hydrogen-bond acceptors (Lipinski definition) is 4. The van der Waals surface area contributed by atoms with Crippen molar-refractivity contribution in [3.8, 4) is 0 Å². The lowest BCUT2D eigenvalue weighted by atomic mass is 10.0. The standard InChI is InChI=1S/C21H24Cl2N2O3/c22-17-7-5-15(6-8-17)11-20(27)25-12-19(26)21(28,14-25)13-24-10-9-16-3-1-2-4-18(16)23/h1-8,19,24,26,28H,9-14H2/t19-,21+/m1/s1. The van der Waals surface area contributed by atoms with Gasteiger partial charge in [0.25, 0.3) is 0 Å². The van der Waals surface area contributed by atoms with Gasteiger partial charge in [0.2, 0.25) is 5.91 Å². The molecule has 0 aromatic heterocycles. The molecule has 3 rings (SSSR count). The Morgan fingerprint density at radius 1 is 1.18 bits per heavy atom. The number of hydrogen-bond donors (Lipinski definition) is 3. The summed E-state index contributed by atoms with van der Waals surface area (Å²) in [6.07, 6.45) is -0.0696. The average Bonchev–Trinajstić information content (AvgIpc) is 2.97. The van der Waals surface area contributed by atoms with Crippen LogP contribution in [0.4, 0.5) is 0 Å². The molecule has 0 spiro atoms. The van der Waals surface area contributed by atoms with Gasteiger partial charge >= 0.3 is 0 Å². The van der Waals surface area contributed by atoms with Gasteiger partial charge in [0, 0.05) is 23.1 Å². The molecule has 7 heteroatoms. The first-order chi connectivity index (χ1) is 13.4. The third-order valence-electron chi connectivity index (χ3n) is 5.06. The number of carbonyl (C=O) groups excluding carboxylic acids is 1. The number of rotatable bonds is 7. The van der Waals surface area contributed by atoms with Crippen molar-refractivity contribution < 1.29 is 15.0 Å². The highest BCUT2D eigenvalue weighted by Crippen LogP contribution is 2.23. The molecular weight excluding hydrogens is 399 g/mol. The van der Waals surface area contributed by atoms with E-state index in [0.29, 0.717) is 23.0 Å². The molecule has 1 amide bonds. The van der Waals surface area contributed by atoms with Crippen molar-refractivity contribution in [1.29, 1.82) is 0 Å². The second kappa shape index (κ2) is 9.25. The molecule has 2 atom stereocenters. The van der Waals surface area contributed by atoms with Gasteiger partial charge in [-0.3, -0.25) is 4.79 Å². The summed E-state index contributed by atoms with van der Waals surface area (Å²) in [4.78, 5) is 14.0. The largest absolute Gasteiger partial charge is 0.388 e. The van der Waals surface area contributed by atoms with Crippen LogP contribution in [0.15, 0.2) is 48.5 Å². The van der Waals surface area contributed by atoms with Gasteiger partial charge in [-0.2, -0.15) is 0 Å². The zero-order chi connectivity index (χ0) is 20.1. The van der Waals surface area contributed by atoms with E-state index in [2.05, 4.69) is 5.32 Å². The van der Waals surface area contributed by atoms with Gasteiger partial charge in [0.1, 0.15) is 11.7 Å². The fourth-order valence-corrected chi connectivity index (χ4v) is 3.72. The smallest absolute Gasteiger partial charge is 0.227 e. The quantitative estimate of drug-likeness (QED) is 0.598. The van der Waals surface area contributed by atoms with Gasteiger partial charge in [-0.05, 0) is 42.3 Å². The molecule has 0 aliphatic carbocycles. The Balaban J connectivity index is 1.49. The summed E-state index contributed by atoms with van der Waals surface area (Å²) in [6, 6.07) is 14.7. The van der Waals surface area contributed by atoms with Gasteiger partial charge in [0.05, 0.1) is 13.0 Å². The topological polar surface area (TPSA) is 72.8 Å². The SMILES string of the molecule is O=C(Cc1ccc(Cl)cc1)N1C[C@@H](O)[C@](O)(CNCCc2ccccc2Cl)C1. The Bertz CT molecular complexity index is 816. The third-order valence-corrected chi connectivity index (χ3v) is 5.68. The molecule has 150 valence electrons. The van der Waals surface area contributed by atoms with E-state index in [0.717, 1.165) is 11.1 Å². The molecule has 1 saturated heterocycles. The Hall–Kier alpha value is -1.63. The van der Waals surface area contributed by atoms with Crippen molar-refractivity contribution in [1.82, 2.24) is 10.2 Å². The van der Waals surface area contributed by atoms with E-state index in [1.54, 1.807) is 24.3 Å². The average molecular weight is 423 g/mol. The Kier molecular flexibility index (Phi) is 6.96. The number of aliphatic hydroxyl groups is 2. The fourth-order valence-electron chi connectivity index (χ4n) is 3.36. The van der Waals surface area contributed by atoms with Gasteiger partial charge in [0.15, 0.2) is 0 Å². The van der Waals surface area contributed by atoms with Crippen molar-refractivity contribution in [2.45, 2.75) is 24.5 Å². The summed E-state index contributed by atoms with van der Waals surface area (Å²) < 4.78 is 0. The number of carbonyl (C=O) groups is 1. The summed E-state index contributed by atoms with van der Waals surface area (Å²) in [5.74, 6) is -0.131. The van der Waals surface area contributed by atoms with E-state index in [9.17, 15) is 15.0 Å². The first kappa shape index (κ1) is 21.1. The fraction of sp³-hybridized carbons (Fsp3) is 0.381. The van der Waals surface area contributed by atoms with Gasteiger partial charge in [-0.15, -0.1) is 0 Å². The Labute approximate surface area is 174 Å². The number of nitrogens with zero attached hydrogens (tertiary/aromatic N) is 1. The van der Waals surface area contributed by atoms with Crippen LogP contribution in [-0.4, -0.2) is 58.9 Å². The lowest BCUT2D eigenvalue weighted by molar-refractivity contribution is -0.130. The molecule has 1 aliphatic heterocycles. The number of benzene rings is 2. The number of aliphatic hydroxyl groups excluding tert-OH is 1. The number of halogens is 2. The molecule has 0 unspecified atom stereocenters. The number of β-amino-alcohol motifs (C(OH)–C–C–N with tert-alkyl or cyclic N) is 2. The Morgan fingerprint density at radius 2 is 1.89 bits per heavy atom. The van der Waals surface area contributed by atoms with E-state index < -0.39 is 11.7 Å². The molecular formula is C21H24Cl2N2O3.